The predicted octanol–water partition coefficient (Wildman–Crippen LogP) is 2.53. The van der Waals surface area contributed by atoms with Crippen molar-refractivity contribution in [3.63, 3.8) is 0 Å². The van der Waals surface area contributed by atoms with Crippen molar-refractivity contribution in [3.05, 3.63) is 46.1 Å². The normalized spacial score (nSPS) is 12.3. The zero-order chi connectivity index (χ0) is 19.9. The Balaban J connectivity index is 2.67. The number of ketones is 1. The van der Waals surface area contributed by atoms with E-state index in [9.17, 15) is 26.4 Å². The molecule has 1 aromatic carbocycles. The van der Waals surface area contributed by atoms with E-state index < -0.39 is 33.1 Å². The highest BCUT2D eigenvalue weighted by Crippen LogP contribution is 2.33. The number of carbonyl (C=O) groups is 1. The molecule has 0 aliphatic rings. The molecular formula is C16H17F3N2O4S. The fourth-order valence-electron chi connectivity index (χ4n) is 2.66. The second-order valence-corrected chi connectivity index (χ2v) is 8.00. The van der Waals surface area contributed by atoms with Gasteiger partial charge in [-0.2, -0.15) is 18.3 Å². The number of sulfone groups is 1. The van der Waals surface area contributed by atoms with Gasteiger partial charge in [-0.25, -0.2) is 13.1 Å². The third kappa shape index (κ3) is 4.06. The highest BCUT2D eigenvalue weighted by molar-refractivity contribution is 7.89. The van der Waals surface area contributed by atoms with Gasteiger partial charge >= 0.3 is 6.18 Å². The predicted molar refractivity (Wildman–Crippen MR) is 87.9 cm³/mol. The van der Waals surface area contributed by atoms with Crippen LogP contribution in [0, 0.1) is 6.92 Å². The fraction of sp³-hybridized carbons (Fsp3) is 0.375. The molecule has 0 N–H and O–H groups in total. The standard InChI is InChI=1S/C16H17F3N2O4S/c1-9-13(15(25-3)21(2)20-9)14(22)12-6-5-11(16(17,18)19)7-10(12)8-26(4,23)24/h5-7H,8H2,1-4H3. The van der Waals surface area contributed by atoms with Gasteiger partial charge in [-0.3, -0.25) is 4.79 Å². The maximum Gasteiger partial charge on any atom is 0.416 e. The number of rotatable bonds is 5. The Bertz CT molecular complexity index is 963. The van der Waals surface area contributed by atoms with E-state index in [4.69, 9.17) is 4.74 Å². The van der Waals surface area contributed by atoms with Crippen LogP contribution in [0.5, 0.6) is 5.88 Å². The van der Waals surface area contributed by atoms with Crippen LogP contribution in [-0.4, -0.2) is 37.3 Å². The number of halogens is 3. The molecule has 1 aromatic heterocycles. The zero-order valence-corrected chi connectivity index (χ0v) is 15.3. The molecule has 0 spiro atoms. The van der Waals surface area contributed by atoms with Gasteiger partial charge in [0.15, 0.2) is 9.84 Å². The Morgan fingerprint density at radius 1 is 1.31 bits per heavy atom. The van der Waals surface area contributed by atoms with Crippen LogP contribution < -0.4 is 4.74 Å². The molecule has 0 saturated carbocycles. The van der Waals surface area contributed by atoms with Crippen LogP contribution in [0.25, 0.3) is 0 Å². The van der Waals surface area contributed by atoms with Gasteiger partial charge in [0.1, 0.15) is 5.56 Å². The van der Waals surface area contributed by atoms with Crippen LogP contribution in [0.2, 0.25) is 0 Å². The summed E-state index contributed by atoms with van der Waals surface area (Å²) in [7, 11) is -0.791. The van der Waals surface area contributed by atoms with Crippen molar-refractivity contribution in [3.8, 4) is 5.88 Å². The SMILES string of the molecule is COc1c(C(=O)c2ccc(C(F)(F)F)cc2CS(C)(=O)=O)c(C)nn1C. The number of methoxy groups -OCH3 is 1. The average molecular weight is 390 g/mol. The van der Waals surface area contributed by atoms with E-state index in [0.717, 1.165) is 18.4 Å². The Kier molecular flexibility index (Phi) is 5.18. The number of hydrogen-bond donors (Lipinski definition) is 0. The first-order valence-electron chi connectivity index (χ1n) is 7.35. The van der Waals surface area contributed by atoms with Gasteiger partial charge in [0, 0.05) is 18.9 Å². The highest BCUT2D eigenvalue weighted by atomic mass is 32.2. The molecule has 0 unspecified atom stereocenters. The molecule has 0 fully saturated rings. The van der Waals surface area contributed by atoms with Crippen molar-refractivity contribution < 1.29 is 31.1 Å². The van der Waals surface area contributed by atoms with Gasteiger partial charge in [-0.05, 0) is 24.6 Å². The lowest BCUT2D eigenvalue weighted by Gasteiger charge is -2.13. The summed E-state index contributed by atoms with van der Waals surface area (Å²) >= 11 is 0. The molecule has 0 amide bonds. The van der Waals surface area contributed by atoms with Crippen molar-refractivity contribution in [1.82, 2.24) is 9.78 Å². The van der Waals surface area contributed by atoms with Crippen LogP contribution >= 0.6 is 0 Å². The summed E-state index contributed by atoms with van der Waals surface area (Å²) in [5, 5.41) is 4.06. The lowest BCUT2D eigenvalue weighted by Crippen LogP contribution is -2.14. The molecule has 2 aromatic rings. The second-order valence-electron chi connectivity index (χ2n) is 5.86. The Hall–Kier alpha value is -2.36. The van der Waals surface area contributed by atoms with Gasteiger partial charge in [0.2, 0.25) is 11.7 Å². The summed E-state index contributed by atoms with van der Waals surface area (Å²) in [5.41, 5.74) is -0.998. The van der Waals surface area contributed by atoms with Crippen molar-refractivity contribution in [2.45, 2.75) is 18.9 Å². The van der Waals surface area contributed by atoms with Gasteiger partial charge in [-0.1, -0.05) is 6.07 Å². The van der Waals surface area contributed by atoms with Crippen molar-refractivity contribution in [2.75, 3.05) is 13.4 Å². The van der Waals surface area contributed by atoms with E-state index in [1.54, 1.807) is 14.0 Å². The van der Waals surface area contributed by atoms with Crippen LogP contribution in [0.15, 0.2) is 18.2 Å². The van der Waals surface area contributed by atoms with Crippen LogP contribution in [-0.2, 0) is 28.8 Å². The number of nitrogens with zero attached hydrogens (tertiary/aromatic N) is 2. The van der Waals surface area contributed by atoms with Crippen molar-refractivity contribution >= 4 is 15.6 Å². The molecule has 0 aliphatic carbocycles. The Morgan fingerprint density at radius 3 is 2.42 bits per heavy atom. The second kappa shape index (κ2) is 6.75. The lowest BCUT2D eigenvalue weighted by molar-refractivity contribution is -0.137. The third-order valence-electron chi connectivity index (χ3n) is 3.68. The first-order valence-corrected chi connectivity index (χ1v) is 9.41. The molecule has 1 heterocycles. The summed E-state index contributed by atoms with van der Waals surface area (Å²) in [4.78, 5) is 12.9. The number of aryl methyl sites for hydroxylation is 2. The lowest BCUT2D eigenvalue weighted by atomic mass is 9.97. The Morgan fingerprint density at radius 2 is 1.92 bits per heavy atom. The zero-order valence-electron chi connectivity index (χ0n) is 14.5. The monoisotopic (exact) mass is 390 g/mol. The van der Waals surface area contributed by atoms with E-state index >= 15 is 0 Å². The van der Waals surface area contributed by atoms with E-state index in [0.29, 0.717) is 11.8 Å². The first kappa shape index (κ1) is 20.0. The molecule has 2 rings (SSSR count). The quantitative estimate of drug-likeness (QED) is 0.733. The molecule has 0 saturated heterocycles. The van der Waals surface area contributed by atoms with E-state index in [1.807, 2.05) is 0 Å². The molecule has 0 radical (unpaired) electrons. The minimum absolute atomic E-state index is 0.0736. The van der Waals surface area contributed by atoms with E-state index in [2.05, 4.69) is 5.10 Å². The molecule has 26 heavy (non-hydrogen) atoms. The Labute approximate surface area is 148 Å². The number of benzene rings is 1. The number of aromatic nitrogens is 2. The molecule has 6 nitrogen and oxygen atoms in total. The molecule has 10 heteroatoms. The summed E-state index contributed by atoms with van der Waals surface area (Å²) in [5.74, 6) is -1.21. The minimum atomic E-state index is -4.66. The molecule has 142 valence electrons. The summed E-state index contributed by atoms with van der Waals surface area (Å²) in [6.45, 7) is 1.55. The summed E-state index contributed by atoms with van der Waals surface area (Å²) < 4.78 is 68.7. The third-order valence-corrected chi connectivity index (χ3v) is 4.52. The maximum absolute atomic E-state index is 13.0. The number of hydrogen-bond acceptors (Lipinski definition) is 5. The van der Waals surface area contributed by atoms with Gasteiger partial charge < -0.3 is 4.74 Å². The van der Waals surface area contributed by atoms with E-state index in [1.165, 1.54) is 11.8 Å². The van der Waals surface area contributed by atoms with Gasteiger partial charge in [-0.15, -0.1) is 0 Å². The van der Waals surface area contributed by atoms with Crippen LogP contribution in [0.1, 0.15) is 32.7 Å². The van der Waals surface area contributed by atoms with E-state index in [-0.39, 0.29) is 22.6 Å². The van der Waals surface area contributed by atoms with Crippen molar-refractivity contribution in [1.29, 1.82) is 0 Å². The molecule has 0 aliphatic heterocycles. The smallest absolute Gasteiger partial charge is 0.416 e. The minimum Gasteiger partial charge on any atom is -0.481 e. The molecule has 0 bridgehead atoms. The topological polar surface area (TPSA) is 78.3 Å². The van der Waals surface area contributed by atoms with Crippen LogP contribution in [0.3, 0.4) is 0 Å². The fourth-order valence-corrected chi connectivity index (χ4v) is 3.46. The molecular weight excluding hydrogens is 373 g/mol. The van der Waals surface area contributed by atoms with Crippen LogP contribution in [0.4, 0.5) is 13.2 Å². The summed E-state index contributed by atoms with van der Waals surface area (Å²) in [6.07, 6.45) is -3.77. The van der Waals surface area contributed by atoms with Gasteiger partial charge in [0.05, 0.1) is 24.1 Å². The average Bonchev–Trinajstić information content (AvgIpc) is 2.77. The first-order chi connectivity index (χ1) is 11.8. The maximum atomic E-state index is 13.0. The summed E-state index contributed by atoms with van der Waals surface area (Å²) in [6, 6.07) is 2.42. The van der Waals surface area contributed by atoms with Crippen molar-refractivity contribution in [2.24, 2.45) is 7.05 Å². The highest BCUT2D eigenvalue weighted by Gasteiger charge is 2.33. The number of alkyl halides is 3. The van der Waals surface area contributed by atoms with Gasteiger partial charge in [0.25, 0.3) is 0 Å². The number of carbonyl (C=O) groups excluding carboxylic acids is 1. The number of ether oxygens (including phenoxy) is 1. The largest absolute Gasteiger partial charge is 0.481 e. The molecule has 0 atom stereocenters.